The molecule has 0 saturated carbocycles. The molecule has 0 amide bonds. The minimum absolute atomic E-state index is 0.134. The van der Waals surface area contributed by atoms with Crippen LogP contribution in [0.15, 0.2) is 57.7 Å². The van der Waals surface area contributed by atoms with Gasteiger partial charge < -0.3 is 14.1 Å². The molecule has 0 atom stereocenters. The van der Waals surface area contributed by atoms with Crippen LogP contribution in [-0.4, -0.2) is 20.2 Å². The van der Waals surface area contributed by atoms with Crippen molar-refractivity contribution in [3.63, 3.8) is 0 Å². The van der Waals surface area contributed by atoms with Crippen molar-refractivity contribution >= 4 is 16.7 Å². The summed E-state index contributed by atoms with van der Waals surface area (Å²) < 4.78 is 11.5. The number of ether oxygens (including phenoxy) is 1. The Morgan fingerprint density at radius 3 is 2.50 bits per heavy atom. The smallest absolute Gasteiger partial charge is 0.235 e. The predicted molar refractivity (Wildman–Crippen MR) is 95.9 cm³/mol. The Bertz CT molecular complexity index is 925. The second-order valence-corrected chi connectivity index (χ2v) is 6.03. The lowest BCUT2D eigenvalue weighted by molar-refractivity contribution is 0.399. The average Bonchev–Trinajstić information content (AvgIpc) is 3.16. The number of fused-ring (bicyclic) bond motifs is 1. The first-order chi connectivity index (χ1) is 11.8. The summed E-state index contributed by atoms with van der Waals surface area (Å²) in [6.07, 6.45) is 2.42. The quantitative estimate of drug-likeness (QED) is 0.729. The van der Waals surface area contributed by atoms with Crippen LogP contribution in [-0.2, 0) is 0 Å². The van der Waals surface area contributed by atoms with Crippen molar-refractivity contribution in [2.75, 3.05) is 25.1 Å². The molecule has 0 radical (unpaired) electrons. The van der Waals surface area contributed by atoms with Crippen LogP contribution < -0.4 is 15.1 Å². The topological polar surface area (TPSA) is 42.7 Å². The molecule has 2 aromatic carbocycles. The van der Waals surface area contributed by atoms with Gasteiger partial charge >= 0.3 is 0 Å². The van der Waals surface area contributed by atoms with Crippen LogP contribution in [0.4, 0.5) is 5.69 Å². The van der Waals surface area contributed by atoms with Crippen molar-refractivity contribution in [1.29, 1.82) is 0 Å². The SMILES string of the molecule is COc1c(-c2ccccc2)oc2cc(N3CCCC3)ccc2c1=O. The van der Waals surface area contributed by atoms with Crippen LogP contribution in [0, 0.1) is 0 Å². The van der Waals surface area contributed by atoms with Crippen LogP contribution >= 0.6 is 0 Å². The molecule has 1 fully saturated rings. The van der Waals surface area contributed by atoms with E-state index in [9.17, 15) is 4.79 Å². The summed E-state index contributed by atoms with van der Waals surface area (Å²) in [4.78, 5) is 15.1. The zero-order chi connectivity index (χ0) is 16.5. The van der Waals surface area contributed by atoms with Gasteiger partial charge in [-0.3, -0.25) is 4.79 Å². The molecule has 0 spiro atoms. The molecule has 3 aromatic rings. The number of anilines is 1. The Labute approximate surface area is 140 Å². The highest BCUT2D eigenvalue weighted by atomic mass is 16.5. The van der Waals surface area contributed by atoms with Crippen molar-refractivity contribution in [2.24, 2.45) is 0 Å². The van der Waals surface area contributed by atoms with Gasteiger partial charge in [0, 0.05) is 30.4 Å². The monoisotopic (exact) mass is 321 g/mol. The van der Waals surface area contributed by atoms with Crippen molar-refractivity contribution in [1.82, 2.24) is 0 Å². The molecule has 0 unspecified atom stereocenters. The van der Waals surface area contributed by atoms with Crippen LogP contribution in [0.5, 0.6) is 5.75 Å². The van der Waals surface area contributed by atoms with Gasteiger partial charge in [0.05, 0.1) is 12.5 Å². The number of methoxy groups -OCH3 is 1. The number of hydrogen-bond acceptors (Lipinski definition) is 4. The maximum atomic E-state index is 12.8. The van der Waals surface area contributed by atoms with Crippen LogP contribution in [0.3, 0.4) is 0 Å². The molecule has 0 N–H and O–H groups in total. The molecule has 4 rings (SSSR count). The van der Waals surface area contributed by atoms with Gasteiger partial charge in [-0.15, -0.1) is 0 Å². The molecular weight excluding hydrogens is 302 g/mol. The highest BCUT2D eigenvalue weighted by Crippen LogP contribution is 2.32. The first kappa shape index (κ1) is 14.8. The summed E-state index contributed by atoms with van der Waals surface area (Å²) in [6, 6.07) is 15.4. The maximum Gasteiger partial charge on any atom is 0.235 e. The van der Waals surface area contributed by atoms with E-state index >= 15 is 0 Å². The zero-order valence-corrected chi connectivity index (χ0v) is 13.6. The van der Waals surface area contributed by atoms with Crippen LogP contribution in [0.2, 0.25) is 0 Å². The van der Waals surface area contributed by atoms with Gasteiger partial charge in [0.15, 0.2) is 5.76 Å². The fourth-order valence-electron chi connectivity index (χ4n) is 3.30. The van der Waals surface area contributed by atoms with E-state index in [4.69, 9.17) is 9.15 Å². The molecule has 1 saturated heterocycles. The predicted octanol–water partition coefficient (Wildman–Crippen LogP) is 4.07. The van der Waals surface area contributed by atoms with Crippen molar-refractivity contribution in [3.05, 3.63) is 58.8 Å². The maximum absolute atomic E-state index is 12.8. The van der Waals surface area contributed by atoms with Crippen molar-refractivity contribution in [2.45, 2.75) is 12.8 Å². The molecule has 1 aliphatic rings. The highest BCUT2D eigenvalue weighted by molar-refractivity contribution is 5.84. The fraction of sp³-hybridized carbons (Fsp3) is 0.250. The summed E-state index contributed by atoms with van der Waals surface area (Å²) in [5, 5.41) is 0.550. The number of rotatable bonds is 3. The third-order valence-corrected chi connectivity index (χ3v) is 4.55. The number of hydrogen-bond donors (Lipinski definition) is 0. The minimum Gasteiger partial charge on any atom is -0.490 e. The summed E-state index contributed by atoms with van der Waals surface area (Å²) in [7, 11) is 1.50. The van der Waals surface area contributed by atoms with E-state index in [1.165, 1.54) is 20.0 Å². The summed E-state index contributed by atoms with van der Waals surface area (Å²) in [5.41, 5.74) is 2.40. The molecule has 1 aromatic heterocycles. The molecule has 1 aliphatic heterocycles. The van der Waals surface area contributed by atoms with Gasteiger partial charge in [-0.2, -0.15) is 0 Å². The Balaban J connectivity index is 1.93. The molecular formula is C20H19NO3. The third kappa shape index (κ3) is 2.44. The van der Waals surface area contributed by atoms with Crippen LogP contribution in [0.1, 0.15) is 12.8 Å². The Kier molecular flexibility index (Phi) is 3.73. The van der Waals surface area contributed by atoms with E-state index < -0.39 is 0 Å². The van der Waals surface area contributed by atoms with E-state index in [2.05, 4.69) is 4.90 Å². The first-order valence-corrected chi connectivity index (χ1v) is 8.23. The molecule has 2 heterocycles. The van der Waals surface area contributed by atoms with Crippen LogP contribution in [0.25, 0.3) is 22.3 Å². The molecule has 122 valence electrons. The summed E-state index contributed by atoms with van der Waals surface area (Å²) in [5.74, 6) is 0.733. The lowest BCUT2D eigenvalue weighted by atomic mass is 10.1. The third-order valence-electron chi connectivity index (χ3n) is 4.55. The zero-order valence-electron chi connectivity index (χ0n) is 13.6. The van der Waals surface area contributed by atoms with E-state index in [-0.39, 0.29) is 11.2 Å². The van der Waals surface area contributed by atoms with Gasteiger partial charge in [-0.25, -0.2) is 0 Å². The molecule has 4 heteroatoms. The van der Waals surface area contributed by atoms with Crippen molar-refractivity contribution < 1.29 is 9.15 Å². The van der Waals surface area contributed by atoms with Crippen molar-refractivity contribution in [3.8, 4) is 17.1 Å². The molecule has 0 bridgehead atoms. The second kappa shape index (κ2) is 6.04. The Morgan fingerprint density at radius 2 is 1.79 bits per heavy atom. The van der Waals surface area contributed by atoms with E-state index in [1.54, 1.807) is 0 Å². The molecule has 24 heavy (non-hydrogen) atoms. The van der Waals surface area contributed by atoms with E-state index in [1.807, 2.05) is 48.5 Å². The standard InChI is InChI=1S/C20H19NO3/c1-23-20-18(22)16-10-9-15(21-11-5-6-12-21)13-17(16)24-19(20)14-7-3-2-4-8-14/h2-4,7-10,13H,5-6,11-12H2,1H3. The number of benzene rings is 2. The highest BCUT2D eigenvalue weighted by Gasteiger charge is 2.18. The molecule has 0 aliphatic carbocycles. The average molecular weight is 321 g/mol. The largest absolute Gasteiger partial charge is 0.490 e. The number of nitrogens with zero attached hydrogens (tertiary/aromatic N) is 1. The van der Waals surface area contributed by atoms with E-state index in [0.29, 0.717) is 16.7 Å². The minimum atomic E-state index is -0.134. The molecule has 4 nitrogen and oxygen atoms in total. The van der Waals surface area contributed by atoms with Gasteiger partial charge in [0.25, 0.3) is 0 Å². The normalized spacial score (nSPS) is 14.3. The second-order valence-electron chi connectivity index (χ2n) is 6.03. The van der Waals surface area contributed by atoms with Gasteiger partial charge in [0.2, 0.25) is 11.2 Å². The Hall–Kier alpha value is -2.75. The van der Waals surface area contributed by atoms with Gasteiger partial charge in [-0.1, -0.05) is 30.3 Å². The van der Waals surface area contributed by atoms with Gasteiger partial charge in [-0.05, 0) is 25.0 Å². The van der Waals surface area contributed by atoms with Gasteiger partial charge in [0.1, 0.15) is 5.58 Å². The lowest BCUT2D eigenvalue weighted by Crippen LogP contribution is -2.17. The summed E-state index contributed by atoms with van der Waals surface area (Å²) in [6.45, 7) is 2.11. The van der Waals surface area contributed by atoms with E-state index in [0.717, 1.165) is 24.3 Å². The summed E-state index contributed by atoms with van der Waals surface area (Å²) >= 11 is 0. The lowest BCUT2D eigenvalue weighted by Gasteiger charge is -2.18. The fourth-order valence-corrected chi connectivity index (χ4v) is 3.30. The Morgan fingerprint density at radius 1 is 1.04 bits per heavy atom. The first-order valence-electron chi connectivity index (χ1n) is 8.23.